The molecule has 1 fully saturated rings. The number of rotatable bonds is 7. The molecule has 1 aliphatic rings. The molecule has 9 nitrogen and oxygen atoms in total. The molecule has 186 valence electrons. The fourth-order valence-electron chi connectivity index (χ4n) is 4.27. The van der Waals surface area contributed by atoms with E-state index in [0.29, 0.717) is 5.69 Å². The van der Waals surface area contributed by atoms with E-state index < -0.39 is 5.91 Å². The number of nitrogens with zero attached hydrogens (tertiary/aromatic N) is 5. The molecule has 0 atom stereocenters. The molecule has 0 radical (unpaired) electrons. The zero-order chi connectivity index (χ0) is 25.6. The molecule has 1 saturated heterocycles. The van der Waals surface area contributed by atoms with Gasteiger partial charge in [0, 0.05) is 57.0 Å². The van der Waals surface area contributed by atoms with E-state index in [4.69, 9.17) is 10.4 Å². The quantitative estimate of drug-likeness (QED) is 0.337. The van der Waals surface area contributed by atoms with E-state index in [1.807, 2.05) is 73.2 Å². The van der Waals surface area contributed by atoms with E-state index >= 15 is 0 Å². The summed E-state index contributed by atoms with van der Waals surface area (Å²) in [4.78, 5) is 30.5. The number of nitrogens with one attached hydrogen (secondary N) is 3. The molecule has 0 aliphatic carbocycles. The lowest BCUT2D eigenvalue weighted by atomic mass is 10.0. The number of hydrogen-bond donors (Lipinski definition) is 3. The molecule has 5 rings (SSSR count). The van der Waals surface area contributed by atoms with Gasteiger partial charge in [0.15, 0.2) is 0 Å². The van der Waals surface area contributed by atoms with Crippen molar-refractivity contribution in [2.45, 2.75) is 0 Å². The Morgan fingerprint density at radius 1 is 0.919 bits per heavy atom. The Labute approximate surface area is 215 Å². The monoisotopic (exact) mass is 492 g/mol. The number of fused-ring (bicyclic) bond motifs is 1. The van der Waals surface area contributed by atoms with Gasteiger partial charge in [-0.2, -0.15) is 0 Å². The lowest BCUT2D eigenvalue weighted by molar-refractivity contribution is -0.110. The third-order valence-corrected chi connectivity index (χ3v) is 6.30. The minimum atomic E-state index is -0.464. The van der Waals surface area contributed by atoms with Crippen molar-refractivity contribution in [1.29, 1.82) is 5.41 Å². The highest BCUT2D eigenvalue weighted by Gasteiger charge is 2.19. The number of anilines is 3. The molecule has 0 spiro atoms. The van der Waals surface area contributed by atoms with Crippen molar-refractivity contribution in [2.75, 3.05) is 48.3 Å². The summed E-state index contributed by atoms with van der Waals surface area (Å²) >= 11 is 0. The molecule has 0 saturated carbocycles. The van der Waals surface area contributed by atoms with Gasteiger partial charge in [-0.05, 0) is 59.8 Å². The van der Waals surface area contributed by atoms with Gasteiger partial charge < -0.3 is 20.4 Å². The molecule has 2 aromatic heterocycles. The summed E-state index contributed by atoms with van der Waals surface area (Å²) in [6, 6.07) is 17.7. The van der Waals surface area contributed by atoms with Crippen LogP contribution in [0.3, 0.4) is 0 Å². The second-order valence-electron chi connectivity index (χ2n) is 8.68. The van der Waals surface area contributed by atoms with Crippen LogP contribution in [0.25, 0.3) is 22.2 Å². The summed E-state index contributed by atoms with van der Waals surface area (Å²) in [5, 5.41) is 13.3. The van der Waals surface area contributed by atoms with Crippen LogP contribution in [0, 0.1) is 5.41 Å². The number of carbonyl (C=O) groups excluding carboxylic acids is 1. The molecule has 2 aromatic carbocycles. The Kier molecular flexibility index (Phi) is 7.02. The number of hydrogen-bond acceptors (Lipinski definition) is 8. The first kappa shape index (κ1) is 23.9. The van der Waals surface area contributed by atoms with Crippen molar-refractivity contribution in [3.05, 3.63) is 85.5 Å². The SMILES string of the molecule is CN/C=C\C(=N)C(=O)Nc1ccc(-c2ccc3ncc(N4CCN(c5ccncc5)CC4)nc3c2)cc1. The van der Waals surface area contributed by atoms with Gasteiger partial charge in [0.1, 0.15) is 11.5 Å². The van der Waals surface area contributed by atoms with Crippen molar-refractivity contribution in [2.24, 2.45) is 0 Å². The standard InChI is InChI=1S/C28H28N8O/c1-30-11-10-24(29)28(37)33-22-5-2-20(3-6-22)21-4-7-25-26(18-21)34-27(19-32-25)36-16-14-35(15-17-36)23-8-12-31-13-9-23/h2-13,18-19,29-30H,14-17H2,1H3,(H,33,37)/b11-10-,29-24?. The number of pyridine rings is 1. The smallest absolute Gasteiger partial charge is 0.273 e. The third kappa shape index (κ3) is 5.56. The Hall–Kier alpha value is -4.79. The molecule has 4 aromatic rings. The summed E-state index contributed by atoms with van der Waals surface area (Å²) in [7, 11) is 1.71. The van der Waals surface area contributed by atoms with E-state index in [0.717, 1.165) is 54.2 Å². The Balaban J connectivity index is 1.28. The molecule has 3 N–H and O–H groups in total. The van der Waals surface area contributed by atoms with Crippen LogP contribution in [0.1, 0.15) is 0 Å². The first-order valence-electron chi connectivity index (χ1n) is 12.1. The molecule has 0 unspecified atom stereocenters. The van der Waals surface area contributed by atoms with Gasteiger partial charge in [0.2, 0.25) is 0 Å². The van der Waals surface area contributed by atoms with Crippen LogP contribution in [0.5, 0.6) is 0 Å². The topological polar surface area (TPSA) is 110 Å². The minimum absolute atomic E-state index is 0.124. The summed E-state index contributed by atoms with van der Waals surface area (Å²) in [6.07, 6.45) is 8.46. The van der Waals surface area contributed by atoms with E-state index in [1.165, 1.54) is 11.8 Å². The van der Waals surface area contributed by atoms with Gasteiger partial charge in [-0.3, -0.25) is 20.2 Å². The van der Waals surface area contributed by atoms with E-state index in [9.17, 15) is 4.79 Å². The molecular formula is C28H28N8O. The Morgan fingerprint density at radius 2 is 1.62 bits per heavy atom. The molecule has 1 amide bonds. The van der Waals surface area contributed by atoms with Crippen LogP contribution in [-0.2, 0) is 4.79 Å². The highest BCUT2D eigenvalue weighted by molar-refractivity contribution is 6.45. The number of aromatic nitrogens is 3. The average molecular weight is 493 g/mol. The first-order valence-corrected chi connectivity index (χ1v) is 12.1. The van der Waals surface area contributed by atoms with E-state index in [2.05, 4.69) is 30.4 Å². The van der Waals surface area contributed by atoms with Gasteiger partial charge in [-0.25, -0.2) is 4.98 Å². The van der Waals surface area contributed by atoms with Gasteiger partial charge in [-0.1, -0.05) is 18.2 Å². The van der Waals surface area contributed by atoms with Crippen molar-refractivity contribution < 1.29 is 4.79 Å². The summed E-state index contributed by atoms with van der Waals surface area (Å²) < 4.78 is 0. The third-order valence-electron chi connectivity index (χ3n) is 6.30. The lowest BCUT2D eigenvalue weighted by Crippen LogP contribution is -2.46. The van der Waals surface area contributed by atoms with Crippen LogP contribution in [0.4, 0.5) is 17.2 Å². The van der Waals surface area contributed by atoms with Crippen molar-refractivity contribution >= 4 is 39.8 Å². The number of carbonyl (C=O) groups is 1. The fourth-order valence-corrected chi connectivity index (χ4v) is 4.27. The second kappa shape index (κ2) is 10.9. The van der Waals surface area contributed by atoms with Crippen molar-refractivity contribution in [1.82, 2.24) is 20.3 Å². The maximum Gasteiger partial charge on any atom is 0.273 e. The normalized spacial score (nSPS) is 13.6. The molecule has 3 heterocycles. The van der Waals surface area contributed by atoms with Crippen LogP contribution >= 0.6 is 0 Å². The predicted molar refractivity (Wildman–Crippen MR) is 148 cm³/mol. The maximum absolute atomic E-state index is 12.1. The zero-order valence-corrected chi connectivity index (χ0v) is 20.6. The predicted octanol–water partition coefficient (Wildman–Crippen LogP) is 3.71. The zero-order valence-electron chi connectivity index (χ0n) is 20.6. The minimum Gasteiger partial charge on any atom is -0.394 e. The van der Waals surface area contributed by atoms with E-state index in [1.54, 1.807) is 13.2 Å². The molecule has 1 aliphatic heterocycles. The highest BCUT2D eigenvalue weighted by Crippen LogP contribution is 2.26. The molecule has 0 bridgehead atoms. The van der Waals surface area contributed by atoms with Crippen LogP contribution < -0.4 is 20.4 Å². The van der Waals surface area contributed by atoms with Gasteiger partial charge in [0.05, 0.1) is 17.2 Å². The van der Waals surface area contributed by atoms with Gasteiger partial charge in [0.25, 0.3) is 5.91 Å². The Morgan fingerprint density at radius 3 is 2.35 bits per heavy atom. The average Bonchev–Trinajstić information content (AvgIpc) is 2.96. The number of amides is 1. The highest BCUT2D eigenvalue weighted by atomic mass is 16.1. The first-order chi connectivity index (χ1) is 18.1. The van der Waals surface area contributed by atoms with Crippen LogP contribution in [0.2, 0.25) is 0 Å². The molecule has 9 heteroatoms. The summed E-state index contributed by atoms with van der Waals surface area (Å²) in [5.41, 5.74) is 5.41. The Bertz CT molecular complexity index is 1430. The van der Waals surface area contributed by atoms with Crippen LogP contribution in [-0.4, -0.2) is 59.8 Å². The maximum atomic E-state index is 12.1. The molecular weight excluding hydrogens is 464 g/mol. The van der Waals surface area contributed by atoms with Crippen molar-refractivity contribution in [3.8, 4) is 11.1 Å². The van der Waals surface area contributed by atoms with Gasteiger partial charge in [-0.15, -0.1) is 0 Å². The summed E-state index contributed by atoms with van der Waals surface area (Å²) in [5.74, 6) is 0.418. The molecule has 37 heavy (non-hydrogen) atoms. The fraction of sp³-hybridized carbons (Fsp3) is 0.179. The van der Waals surface area contributed by atoms with Gasteiger partial charge >= 0.3 is 0 Å². The number of benzene rings is 2. The number of piperazine rings is 1. The van der Waals surface area contributed by atoms with Crippen molar-refractivity contribution in [3.63, 3.8) is 0 Å². The van der Waals surface area contributed by atoms with Crippen LogP contribution in [0.15, 0.2) is 85.5 Å². The summed E-state index contributed by atoms with van der Waals surface area (Å²) in [6.45, 7) is 3.57. The largest absolute Gasteiger partial charge is 0.394 e. The van der Waals surface area contributed by atoms with E-state index in [-0.39, 0.29) is 5.71 Å². The second-order valence-corrected chi connectivity index (χ2v) is 8.68. The lowest BCUT2D eigenvalue weighted by Gasteiger charge is -2.36.